The number of amides is 1. The van der Waals surface area contributed by atoms with E-state index >= 15 is 0 Å². The number of carbonyl (C=O) groups excluding carboxylic acids is 2. The van der Waals surface area contributed by atoms with Gasteiger partial charge in [-0.25, -0.2) is 0 Å². The number of ether oxygens (including phenoxy) is 1. The van der Waals surface area contributed by atoms with Crippen LogP contribution in [0.2, 0.25) is 0 Å². The van der Waals surface area contributed by atoms with Gasteiger partial charge in [0.1, 0.15) is 12.1 Å². The number of hydrogen-bond acceptors (Lipinski definition) is 6. The van der Waals surface area contributed by atoms with Crippen molar-refractivity contribution < 1.29 is 14.3 Å². The fourth-order valence-electron chi connectivity index (χ4n) is 3.15. The summed E-state index contributed by atoms with van der Waals surface area (Å²) in [6.07, 6.45) is 3.13. The first-order valence-corrected chi connectivity index (χ1v) is 9.22. The van der Waals surface area contributed by atoms with Gasteiger partial charge in [0.05, 0.1) is 6.07 Å². The molecule has 0 unspecified atom stereocenters. The maximum atomic E-state index is 12.6. The van der Waals surface area contributed by atoms with E-state index in [-0.39, 0.29) is 11.4 Å². The van der Waals surface area contributed by atoms with Gasteiger partial charge in [0, 0.05) is 18.1 Å². The van der Waals surface area contributed by atoms with Crippen LogP contribution in [0.25, 0.3) is 0 Å². The van der Waals surface area contributed by atoms with Gasteiger partial charge in [-0.15, -0.1) is 0 Å². The molecule has 0 saturated heterocycles. The molecule has 1 aliphatic carbocycles. The van der Waals surface area contributed by atoms with E-state index in [0.717, 1.165) is 30.6 Å². The highest BCUT2D eigenvalue weighted by molar-refractivity contribution is 7.07. The molecule has 8 heteroatoms. The van der Waals surface area contributed by atoms with Crippen molar-refractivity contribution >= 4 is 23.2 Å². The molecule has 1 aromatic rings. The smallest absolute Gasteiger partial charge is 0.326 e. The van der Waals surface area contributed by atoms with E-state index in [1.54, 1.807) is 19.4 Å². The summed E-state index contributed by atoms with van der Waals surface area (Å²) in [5.41, 5.74) is -0.148. The van der Waals surface area contributed by atoms with Crippen molar-refractivity contribution in [1.29, 1.82) is 5.26 Å². The normalized spacial score (nSPS) is 17.4. The van der Waals surface area contributed by atoms with Gasteiger partial charge in [-0.2, -0.15) is 5.26 Å². The second kappa shape index (κ2) is 7.83. The third kappa shape index (κ3) is 4.10. The summed E-state index contributed by atoms with van der Waals surface area (Å²) >= 11 is 1.01. The van der Waals surface area contributed by atoms with Gasteiger partial charge in [0.25, 0.3) is 5.91 Å². The number of aryl methyl sites for hydroxylation is 1. The lowest BCUT2D eigenvalue weighted by atomic mass is 9.81. The van der Waals surface area contributed by atoms with Crippen molar-refractivity contribution in [2.75, 3.05) is 7.05 Å². The molecule has 1 heterocycles. The first kappa shape index (κ1) is 19.2. The van der Waals surface area contributed by atoms with Crippen molar-refractivity contribution in [3.63, 3.8) is 0 Å². The Labute approximate surface area is 150 Å². The van der Waals surface area contributed by atoms with Gasteiger partial charge >= 0.3 is 10.8 Å². The first-order valence-electron chi connectivity index (χ1n) is 8.34. The minimum absolute atomic E-state index is 0.223. The second-order valence-corrected chi connectivity index (χ2v) is 7.28. The third-order valence-electron chi connectivity index (χ3n) is 4.78. The lowest BCUT2D eigenvalue weighted by molar-refractivity contribution is -0.161. The summed E-state index contributed by atoms with van der Waals surface area (Å²) in [5, 5.41) is 11.2. The molecular weight excluding hydrogens is 342 g/mol. The minimum Gasteiger partial charge on any atom is -0.451 e. The number of likely N-dealkylation sites (N-methyl/N-ethyl adjacent to an activating group) is 1. The number of nitrogens with zero attached hydrogens (tertiary/aromatic N) is 3. The number of esters is 1. The number of carbonyl (C=O) groups is 2. The highest BCUT2D eigenvalue weighted by Crippen LogP contribution is 2.32. The van der Waals surface area contributed by atoms with E-state index in [1.165, 1.54) is 16.4 Å². The molecule has 0 aliphatic heterocycles. The molecule has 25 heavy (non-hydrogen) atoms. The van der Waals surface area contributed by atoms with E-state index in [4.69, 9.17) is 4.74 Å². The van der Waals surface area contributed by atoms with Crippen LogP contribution in [0.15, 0.2) is 10.2 Å². The predicted octanol–water partition coefficient (Wildman–Crippen LogP) is 1.83. The molecule has 1 aliphatic rings. The zero-order valence-electron chi connectivity index (χ0n) is 14.8. The third-order valence-corrected chi connectivity index (χ3v) is 5.66. The van der Waals surface area contributed by atoms with Gasteiger partial charge < -0.3 is 9.64 Å². The first-order chi connectivity index (χ1) is 11.8. The van der Waals surface area contributed by atoms with Crippen LogP contribution in [0, 0.1) is 18.3 Å². The fourth-order valence-corrected chi connectivity index (χ4v) is 3.89. The summed E-state index contributed by atoms with van der Waals surface area (Å²) in [6.45, 7) is 3.00. The Hall–Kier alpha value is -2.14. The van der Waals surface area contributed by atoms with Crippen LogP contribution in [-0.2, 0) is 20.9 Å². The molecule has 1 saturated carbocycles. The van der Waals surface area contributed by atoms with Gasteiger partial charge in [-0.1, -0.05) is 30.6 Å². The number of aromatic nitrogens is 1. The van der Waals surface area contributed by atoms with Crippen molar-refractivity contribution in [1.82, 2.24) is 9.47 Å². The number of rotatable bonds is 5. The molecule has 1 amide bonds. The molecule has 1 atom stereocenters. The van der Waals surface area contributed by atoms with Crippen molar-refractivity contribution in [2.24, 2.45) is 0 Å². The molecule has 2 rings (SSSR count). The van der Waals surface area contributed by atoms with Crippen molar-refractivity contribution in [2.45, 2.75) is 64.1 Å². The van der Waals surface area contributed by atoms with Crippen LogP contribution >= 0.6 is 11.3 Å². The summed E-state index contributed by atoms with van der Waals surface area (Å²) in [5.74, 6) is -1.04. The van der Waals surface area contributed by atoms with Crippen LogP contribution < -0.4 is 4.87 Å². The summed E-state index contributed by atoms with van der Waals surface area (Å²) < 4.78 is 6.51. The van der Waals surface area contributed by atoms with Crippen LogP contribution in [0.5, 0.6) is 0 Å². The molecule has 0 bridgehead atoms. The van der Waals surface area contributed by atoms with E-state index in [0.29, 0.717) is 18.5 Å². The molecule has 0 aromatic carbocycles. The fraction of sp³-hybridized carbons (Fsp3) is 0.647. The van der Waals surface area contributed by atoms with Crippen LogP contribution in [0.4, 0.5) is 0 Å². The summed E-state index contributed by atoms with van der Waals surface area (Å²) in [4.78, 5) is 37.5. The van der Waals surface area contributed by atoms with Crippen LogP contribution in [0.1, 0.15) is 44.7 Å². The maximum absolute atomic E-state index is 12.6. The van der Waals surface area contributed by atoms with Crippen LogP contribution in [-0.4, -0.2) is 40.0 Å². The monoisotopic (exact) mass is 365 g/mol. The molecule has 0 radical (unpaired) electrons. The lowest BCUT2D eigenvalue weighted by Crippen LogP contribution is -2.53. The molecule has 1 aromatic heterocycles. The Kier molecular flexibility index (Phi) is 6.01. The average Bonchev–Trinajstić information content (AvgIpc) is 2.92. The van der Waals surface area contributed by atoms with Gasteiger partial charge in [0.2, 0.25) is 0 Å². The van der Waals surface area contributed by atoms with Gasteiger partial charge in [0.15, 0.2) is 6.10 Å². The number of thiazole rings is 1. The molecule has 0 N–H and O–H groups in total. The van der Waals surface area contributed by atoms with Gasteiger partial charge in [-0.3, -0.25) is 19.0 Å². The SMILES string of the molecule is Cc1csc(=O)n1CC(=O)O[C@@H](C)C(=O)N(C)C1(C#N)CCCCC1. The van der Waals surface area contributed by atoms with E-state index in [2.05, 4.69) is 6.07 Å². The molecule has 0 spiro atoms. The molecule has 1 fully saturated rings. The predicted molar refractivity (Wildman–Crippen MR) is 93.1 cm³/mol. The minimum atomic E-state index is -1.00. The van der Waals surface area contributed by atoms with Crippen molar-refractivity contribution in [3.8, 4) is 6.07 Å². The highest BCUT2D eigenvalue weighted by atomic mass is 32.1. The number of hydrogen-bond donors (Lipinski definition) is 0. The van der Waals surface area contributed by atoms with Crippen molar-refractivity contribution in [3.05, 3.63) is 20.7 Å². The quantitative estimate of drug-likeness (QED) is 0.742. The van der Waals surface area contributed by atoms with E-state index in [1.807, 2.05) is 0 Å². The average molecular weight is 365 g/mol. The molecule has 7 nitrogen and oxygen atoms in total. The lowest BCUT2D eigenvalue weighted by Gasteiger charge is -2.39. The Morgan fingerprint density at radius 1 is 1.44 bits per heavy atom. The zero-order valence-corrected chi connectivity index (χ0v) is 15.6. The standard InChI is InChI=1S/C17H23N3O4S/c1-12-10-25-16(23)20(12)9-14(21)24-13(2)15(22)19(3)17(11-18)7-5-4-6-8-17/h10,13H,4-9H2,1-3H3/t13-/m0/s1. The summed E-state index contributed by atoms with van der Waals surface area (Å²) in [6, 6.07) is 2.28. The molecule has 136 valence electrons. The highest BCUT2D eigenvalue weighted by Gasteiger charge is 2.40. The second-order valence-electron chi connectivity index (χ2n) is 6.46. The Morgan fingerprint density at radius 3 is 2.60 bits per heavy atom. The van der Waals surface area contributed by atoms with Crippen LogP contribution in [0.3, 0.4) is 0 Å². The van der Waals surface area contributed by atoms with E-state index in [9.17, 15) is 19.6 Å². The largest absolute Gasteiger partial charge is 0.451 e. The summed E-state index contributed by atoms with van der Waals surface area (Å²) in [7, 11) is 1.59. The number of nitriles is 1. The van der Waals surface area contributed by atoms with Gasteiger partial charge in [-0.05, 0) is 26.7 Å². The Morgan fingerprint density at radius 2 is 2.08 bits per heavy atom. The Bertz CT molecular complexity index is 740. The molecular formula is C17H23N3O4S. The zero-order chi connectivity index (χ0) is 18.6. The topological polar surface area (TPSA) is 92.4 Å². The van der Waals surface area contributed by atoms with E-state index < -0.39 is 23.5 Å². The Balaban J connectivity index is 2.00. The maximum Gasteiger partial charge on any atom is 0.326 e.